The van der Waals surface area contributed by atoms with E-state index in [2.05, 4.69) is 10.6 Å². The Morgan fingerprint density at radius 1 is 1.33 bits per heavy atom. The van der Waals surface area contributed by atoms with Gasteiger partial charge in [0.2, 0.25) is 0 Å². The summed E-state index contributed by atoms with van der Waals surface area (Å²) < 4.78 is 0. The van der Waals surface area contributed by atoms with Crippen LogP contribution in [0.4, 0.5) is 4.79 Å². The summed E-state index contributed by atoms with van der Waals surface area (Å²) in [5.41, 5.74) is 0. The highest BCUT2D eigenvalue weighted by molar-refractivity contribution is 7.99. The molecule has 2 aliphatic rings. The SMILES string of the molecule is O=C1NC2CSCC2N1. The Kier molecular flexibility index (Phi) is 1.08. The van der Waals surface area contributed by atoms with Crippen LogP contribution in [0.5, 0.6) is 0 Å². The number of rotatable bonds is 0. The Labute approximate surface area is 57.6 Å². The number of nitrogens with one attached hydrogen (secondary N) is 2. The van der Waals surface area contributed by atoms with E-state index >= 15 is 0 Å². The molecule has 0 bridgehead atoms. The monoisotopic (exact) mass is 144 g/mol. The van der Waals surface area contributed by atoms with Crippen LogP contribution >= 0.6 is 11.8 Å². The molecule has 9 heavy (non-hydrogen) atoms. The molecule has 2 saturated heterocycles. The fourth-order valence-electron chi connectivity index (χ4n) is 1.22. The van der Waals surface area contributed by atoms with E-state index in [0.29, 0.717) is 12.1 Å². The highest BCUT2D eigenvalue weighted by atomic mass is 32.2. The Hall–Kier alpha value is -0.380. The average molecular weight is 144 g/mol. The van der Waals surface area contributed by atoms with Crippen molar-refractivity contribution in [2.24, 2.45) is 0 Å². The fourth-order valence-corrected chi connectivity index (χ4v) is 2.49. The highest BCUT2D eigenvalue weighted by Crippen LogP contribution is 2.20. The van der Waals surface area contributed by atoms with Crippen molar-refractivity contribution < 1.29 is 4.79 Å². The molecule has 0 spiro atoms. The lowest BCUT2D eigenvalue weighted by Gasteiger charge is -2.02. The number of carbonyl (C=O) groups is 1. The number of thioether (sulfide) groups is 1. The number of hydrogen-bond acceptors (Lipinski definition) is 2. The minimum absolute atomic E-state index is 0.00491. The van der Waals surface area contributed by atoms with Crippen LogP contribution in [-0.2, 0) is 0 Å². The third-order valence-electron chi connectivity index (χ3n) is 1.71. The number of carbonyl (C=O) groups excluding carboxylic acids is 1. The predicted octanol–water partition coefficient (Wildman–Crippen LogP) is -0.217. The molecule has 4 heteroatoms. The van der Waals surface area contributed by atoms with E-state index < -0.39 is 0 Å². The van der Waals surface area contributed by atoms with Crippen LogP contribution in [0, 0.1) is 0 Å². The van der Waals surface area contributed by atoms with E-state index in [1.165, 1.54) is 0 Å². The number of urea groups is 1. The summed E-state index contributed by atoms with van der Waals surface area (Å²) in [6.07, 6.45) is 0. The summed E-state index contributed by atoms with van der Waals surface area (Å²) in [4.78, 5) is 10.6. The van der Waals surface area contributed by atoms with Gasteiger partial charge in [-0.3, -0.25) is 0 Å². The molecule has 2 N–H and O–H groups in total. The summed E-state index contributed by atoms with van der Waals surface area (Å²) in [5, 5.41) is 5.69. The molecule has 0 aromatic carbocycles. The summed E-state index contributed by atoms with van der Waals surface area (Å²) in [7, 11) is 0. The Bertz CT molecular complexity index is 136. The molecule has 0 aliphatic carbocycles. The van der Waals surface area contributed by atoms with Gasteiger partial charge in [-0.1, -0.05) is 0 Å². The third-order valence-corrected chi connectivity index (χ3v) is 2.90. The second-order valence-corrected chi connectivity index (χ2v) is 3.44. The van der Waals surface area contributed by atoms with Crippen LogP contribution in [0.25, 0.3) is 0 Å². The van der Waals surface area contributed by atoms with E-state index in [9.17, 15) is 4.79 Å². The molecule has 50 valence electrons. The predicted molar refractivity (Wildman–Crippen MR) is 36.6 cm³/mol. The molecule has 0 aromatic rings. The molecule has 3 nitrogen and oxygen atoms in total. The lowest BCUT2D eigenvalue weighted by atomic mass is 10.2. The lowest BCUT2D eigenvalue weighted by Crippen LogP contribution is -2.31. The molecular weight excluding hydrogens is 136 g/mol. The van der Waals surface area contributed by atoms with Gasteiger partial charge in [0.15, 0.2) is 0 Å². The van der Waals surface area contributed by atoms with Gasteiger partial charge in [0.1, 0.15) is 0 Å². The molecule has 0 saturated carbocycles. The lowest BCUT2D eigenvalue weighted by molar-refractivity contribution is 0.247. The van der Waals surface area contributed by atoms with Crippen LogP contribution < -0.4 is 10.6 Å². The maximum absolute atomic E-state index is 10.6. The van der Waals surface area contributed by atoms with Gasteiger partial charge >= 0.3 is 6.03 Å². The maximum atomic E-state index is 10.6. The van der Waals surface area contributed by atoms with Crippen LogP contribution in [-0.4, -0.2) is 29.6 Å². The minimum atomic E-state index is 0.00491. The van der Waals surface area contributed by atoms with Crippen molar-refractivity contribution in [3.05, 3.63) is 0 Å². The molecule has 2 atom stereocenters. The van der Waals surface area contributed by atoms with Gasteiger partial charge in [-0.25, -0.2) is 4.79 Å². The first kappa shape index (κ1) is 5.41. The molecule has 2 unspecified atom stereocenters. The third kappa shape index (κ3) is 0.775. The minimum Gasteiger partial charge on any atom is -0.332 e. The second kappa shape index (κ2) is 1.80. The normalized spacial score (nSPS) is 39.8. The fraction of sp³-hybridized carbons (Fsp3) is 0.800. The average Bonchev–Trinajstić information content (AvgIpc) is 2.22. The van der Waals surface area contributed by atoms with Crippen molar-refractivity contribution in [2.45, 2.75) is 12.1 Å². The van der Waals surface area contributed by atoms with Crippen molar-refractivity contribution >= 4 is 17.8 Å². The van der Waals surface area contributed by atoms with E-state index in [4.69, 9.17) is 0 Å². The molecule has 2 aliphatic heterocycles. The molecule has 0 radical (unpaired) electrons. The van der Waals surface area contributed by atoms with E-state index in [1.807, 2.05) is 11.8 Å². The van der Waals surface area contributed by atoms with E-state index in [1.54, 1.807) is 0 Å². The van der Waals surface area contributed by atoms with Crippen molar-refractivity contribution in [1.29, 1.82) is 0 Å². The zero-order chi connectivity index (χ0) is 6.27. The van der Waals surface area contributed by atoms with Gasteiger partial charge in [0, 0.05) is 11.5 Å². The number of hydrogen-bond donors (Lipinski definition) is 2. The van der Waals surface area contributed by atoms with Crippen LogP contribution in [0.1, 0.15) is 0 Å². The second-order valence-electron chi connectivity index (χ2n) is 2.37. The molecular formula is C5H8N2OS. The first-order chi connectivity index (χ1) is 4.36. The summed E-state index contributed by atoms with van der Waals surface area (Å²) in [6, 6.07) is 0.815. The van der Waals surface area contributed by atoms with Crippen molar-refractivity contribution in [3.63, 3.8) is 0 Å². The number of fused-ring (bicyclic) bond motifs is 1. The molecule has 2 amide bonds. The quantitative estimate of drug-likeness (QED) is 0.462. The Balaban J connectivity index is 2.09. The van der Waals surface area contributed by atoms with E-state index in [-0.39, 0.29) is 6.03 Å². The van der Waals surface area contributed by atoms with Crippen molar-refractivity contribution in [2.75, 3.05) is 11.5 Å². The smallest absolute Gasteiger partial charge is 0.315 e. The standard InChI is InChI=1S/C5H8N2OS/c8-5-6-3-1-9-2-4(3)7-5/h3-4H,1-2H2,(H2,6,7,8). The summed E-state index contributed by atoms with van der Waals surface area (Å²) >= 11 is 1.89. The van der Waals surface area contributed by atoms with Crippen molar-refractivity contribution in [1.82, 2.24) is 10.6 Å². The zero-order valence-corrected chi connectivity index (χ0v) is 5.70. The first-order valence-electron chi connectivity index (χ1n) is 3.01. The Morgan fingerprint density at radius 3 is 2.44 bits per heavy atom. The highest BCUT2D eigenvalue weighted by Gasteiger charge is 2.35. The van der Waals surface area contributed by atoms with Crippen LogP contribution in [0.3, 0.4) is 0 Å². The molecule has 2 rings (SSSR count). The summed E-state index contributed by atoms with van der Waals surface area (Å²) in [6.45, 7) is 0. The van der Waals surface area contributed by atoms with Gasteiger partial charge in [0.25, 0.3) is 0 Å². The van der Waals surface area contributed by atoms with Gasteiger partial charge in [-0.05, 0) is 0 Å². The Morgan fingerprint density at radius 2 is 1.89 bits per heavy atom. The maximum Gasteiger partial charge on any atom is 0.315 e. The van der Waals surface area contributed by atoms with Gasteiger partial charge in [-0.2, -0.15) is 11.8 Å². The number of amides is 2. The molecule has 2 heterocycles. The molecule has 2 fully saturated rings. The largest absolute Gasteiger partial charge is 0.332 e. The van der Waals surface area contributed by atoms with Crippen LogP contribution in [0.2, 0.25) is 0 Å². The van der Waals surface area contributed by atoms with Gasteiger partial charge in [-0.15, -0.1) is 0 Å². The van der Waals surface area contributed by atoms with Crippen LogP contribution in [0.15, 0.2) is 0 Å². The summed E-state index contributed by atoms with van der Waals surface area (Å²) in [5.74, 6) is 2.15. The zero-order valence-electron chi connectivity index (χ0n) is 4.89. The van der Waals surface area contributed by atoms with E-state index in [0.717, 1.165) is 11.5 Å². The van der Waals surface area contributed by atoms with Crippen molar-refractivity contribution in [3.8, 4) is 0 Å². The van der Waals surface area contributed by atoms with Gasteiger partial charge < -0.3 is 10.6 Å². The topological polar surface area (TPSA) is 41.1 Å². The molecule has 0 aromatic heterocycles. The van der Waals surface area contributed by atoms with Gasteiger partial charge in [0.05, 0.1) is 12.1 Å². The first-order valence-corrected chi connectivity index (χ1v) is 4.16.